The Morgan fingerprint density at radius 1 is 1.24 bits per heavy atom. The van der Waals surface area contributed by atoms with Crippen molar-refractivity contribution in [3.63, 3.8) is 0 Å². The summed E-state index contributed by atoms with van der Waals surface area (Å²) in [4.78, 5) is 22.0. The zero-order valence-electron chi connectivity index (χ0n) is 16.0. The predicted molar refractivity (Wildman–Crippen MR) is 106 cm³/mol. The van der Waals surface area contributed by atoms with Crippen LogP contribution in [0.1, 0.15) is 31.6 Å². The van der Waals surface area contributed by atoms with Gasteiger partial charge >= 0.3 is 5.69 Å². The molecule has 1 aliphatic heterocycles. The van der Waals surface area contributed by atoms with Crippen LogP contribution in [0.2, 0.25) is 0 Å². The van der Waals surface area contributed by atoms with Crippen LogP contribution in [0.15, 0.2) is 47.1 Å². The van der Waals surface area contributed by atoms with Crippen LogP contribution in [0.25, 0.3) is 11.5 Å². The van der Waals surface area contributed by atoms with Crippen molar-refractivity contribution < 1.29 is 14.2 Å². The number of ether oxygens (including phenoxy) is 1. The molecular weight excluding hydrogens is 374 g/mol. The van der Waals surface area contributed by atoms with Crippen molar-refractivity contribution in [3.05, 3.63) is 58.6 Å². The second-order valence-corrected chi connectivity index (χ2v) is 6.75. The highest BCUT2D eigenvalue weighted by Crippen LogP contribution is 2.39. The highest BCUT2D eigenvalue weighted by atomic mass is 16.6. The van der Waals surface area contributed by atoms with Crippen LogP contribution in [0.3, 0.4) is 0 Å². The van der Waals surface area contributed by atoms with Gasteiger partial charge in [0, 0.05) is 25.2 Å². The van der Waals surface area contributed by atoms with Gasteiger partial charge in [0.15, 0.2) is 5.75 Å². The van der Waals surface area contributed by atoms with Gasteiger partial charge in [-0.2, -0.15) is 4.98 Å². The summed E-state index contributed by atoms with van der Waals surface area (Å²) < 4.78 is 10.9. The number of benzene rings is 1. The van der Waals surface area contributed by atoms with Crippen LogP contribution in [-0.4, -0.2) is 39.7 Å². The Morgan fingerprint density at radius 3 is 2.76 bits per heavy atom. The number of nitro groups is 1. The highest BCUT2D eigenvalue weighted by molar-refractivity contribution is 5.70. The van der Waals surface area contributed by atoms with Crippen molar-refractivity contribution >= 4 is 11.4 Å². The molecule has 3 heterocycles. The monoisotopic (exact) mass is 395 g/mol. The molecule has 4 rings (SSSR count). The van der Waals surface area contributed by atoms with Crippen LogP contribution in [0.4, 0.5) is 11.4 Å². The summed E-state index contributed by atoms with van der Waals surface area (Å²) in [7, 11) is 0. The Balaban J connectivity index is 1.49. The average molecular weight is 395 g/mol. The molecular formula is C20H21N5O4. The molecule has 0 bridgehead atoms. The van der Waals surface area contributed by atoms with E-state index in [1.54, 1.807) is 24.4 Å². The van der Waals surface area contributed by atoms with Crippen LogP contribution in [0.5, 0.6) is 5.75 Å². The van der Waals surface area contributed by atoms with Gasteiger partial charge < -0.3 is 14.2 Å². The lowest BCUT2D eigenvalue weighted by Crippen LogP contribution is -2.33. The second kappa shape index (κ2) is 8.26. The van der Waals surface area contributed by atoms with E-state index in [1.165, 1.54) is 0 Å². The normalized spacial score (nSPS) is 14.7. The molecule has 0 radical (unpaired) electrons. The molecule has 0 aliphatic carbocycles. The van der Waals surface area contributed by atoms with Crippen molar-refractivity contribution in [2.75, 3.05) is 24.6 Å². The first-order valence-corrected chi connectivity index (χ1v) is 9.57. The number of hydrogen-bond donors (Lipinski definition) is 0. The molecule has 29 heavy (non-hydrogen) atoms. The van der Waals surface area contributed by atoms with Crippen molar-refractivity contribution in [1.29, 1.82) is 0 Å². The Morgan fingerprint density at radius 2 is 2.07 bits per heavy atom. The number of para-hydroxylation sites is 1. The molecule has 0 spiro atoms. The van der Waals surface area contributed by atoms with E-state index in [0.717, 1.165) is 12.8 Å². The van der Waals surface area contributed by atoms with Crippen LogP contribution in [-0.2, 0) is 0 Å². The number of pyridine rings is 1. The van der Waals surface area contributed by atoms with E-state index in [1.807, 2.05) is 30.0 Å². The molecule has 0 N–H and O–H groups in total. The molecule has 1 saturated heterocycles. The van der Waals surface area contributed by atoms with Gasteiger partial charge in [-0.05, 0) is 44.0 Å². The lowest BCUT2D eigenvalue weighted by Gasteiger charge is -2.32. The summed E-state index contributed by atoms with van der Waals surface area (Å²) in [5, 5.41) is 15.7. The van der Waals surface area contributed by atoms with E-state index in [2.05, 4.69) is 15.1 Å². The summed E-state index contributed by atoms with van der Waals surface area (Å²) in [5.74, 6) is 1.48. The lowest BCUT2D eigenvalue weighted by molar-refractivity contribution is -0.385. The third kappa shape index (κ3) is 3.89. The Bertz CT molecular complexity index is 984. The van der Waals surface area contributed by atoms with E-state index in [4.69, 9.17) is 9.26 Å². The summed E-state index contributed by atoms with van der Waals surface area (Å²) in [6.45, 7) is 3.50. The first-order valence-electron chi connectivity index (χ1n) is 9.57. The van der Waals surface area contributed by atoms with Gasteiger partial charge in [-0.1, -0.05) is 17.3 Å². The van der Waals surface area contributed by atoms with Crippen molar-refractivity contribution in [3.8, 4) is 17.3 Å². The minimum Gasteiger partial charge on any atom is -0.487 e. The molecule has 1 aromatic carbocycles. The number of piperidine rings is 1. The van der Waals surface area contributed by atoms with Gasteiger partial charge in [0.1, 0.15) is 11.4 Å². The molecule has 150 valence electrons. The summed E-state index contributed by atoms with van der Waals surface area (Å²) >= 11 is 0. The number of aromatic nitrogens is 3. The molecule has 0 atom stereocenters. The predicted octanol–water partition coefficient (Wildman–Crippen LogP) is 3.82. The number of nitro benzene ring substituents is 1. The van der Waals surface area contributed by atoms with Gasteiger partial charge in [-0.3, -0.25) is 15.1 Å². The minimum absolute atomic E-state index is 0.0167. The molecule has 1 aliphatic rings. The molecule has 0 amide bonds. The molecule has 0 unspecified atom stereocenters. The van der Waals surface area contributed by atoms with Crippen molar-refractivity contribution in [2.24, 2.45) is 0 Å². The lowest BCUT2D eigenvalue weighted by atomic mass is 9.96. The van der Waals surface area contributed by atoms with Crippen molar-refractivity contribution in [2.45, 2.75) is 25.7 Å². The molecule has 3 aromatic rings. The Labute approximate surface area is 167 Å². The molecule has 2 aromatic heterocycles. The van der Waals surface area contributed by atoms with Gasteiger partial charge in [0.05, 0.1) is 11.5 Å². The minimum atomic E-state index is -0.371. The number of anilines is 1. The van der Waals surface area contributed by atoms with Crippen LogP contribution < -0.4 is 9.64 Å². The smallest absolute Gasteiger partial charge is 0.333 e. The molecule has 9 nitrogen and oxygen atoms in total. The van der Waals surface area contributed by atoms with Gasteiger partial charge in [-0.25, -0.2) is 0 Å². The van der Waals surface area contributed by atoms with E-state index < -0.39 is 0 Å². The van der Waals surface area contributed by atoms with Crippen LogP contribution >= 0.6 is 0 Å². The zero-order chi connectivity index (χ0) is 20.2. The highest BCUT2D eigenvalue weighted by Gasteiger charge is 2.30. The molecule has 0 saturated carbocycles. The maximum absolute atomic E-state index is 11.6. The third-order valence-electron chi connectivity index (χ3n) is 4.98. The average Bonchev–Trinajstić information content (AvgIpc) is 3.25. The summed E-state index contributed by atoms with van der Waals surface area (Å²) in [6, 6.07) is 10.7. The topological polar surface area (TPSA) is 107 Å². The Hall–Kier alpha value is -3.49. The first kappa shape index (κ1) is 18.9. The van der Waals surface area contributed by atoms with Crippen LogP contribution in [0, 0.1) is 10.1 Å². The number of hydrogen-bond acceptors (Lipinski definition) is 8. The maximum atomic E-state index is 11.6. The van der Waals surface area contributed by atoms with Gasteiger partial charge in [0.2, 0.25) is 11.7 Å². The summed E-state index contributed by atoms with van der Waals surface area (Å²) in [6.07, 6.45) is 3.22. The Kier molecular flexibility index (Phi) is 5.37. The number of rotatable bonds is 6. The molecule has 9 heteroatoms. The fraction of sp³-hybridized carbons (Fsp3) is 0.350. The van der Waals surface area contributed by atoms with E-state index in [9.17, 15) is 10.1 Å². The largest absolute Gasteiger partial charge is 0.487 e. The van der Waals surface area contributed by atoms with E-state index >= 15 is 0 Å². The standard InChI is InChI=1S/C20H21N5O4/c1-2-28-17-8-5-7-16(18(17)25(26)27)24-12-9-14(10-13-24)20-22-19(23-29-20)15-6-3-4-11-21-15/h3-8,11,14H,2,9-10,12-13H2,1H3. The van der Waals surface area contributed by atoms with Crippen molar-refractivity contribution in [1.82, 2.24) is 15.1 Å². The van der Waals surface area contributed by atoms with E-state index in [-0.39, 0.29) is 16.5 Å². The van der Waals surface area contributed by atoms with Gasteiger partial charge in [0.25, 0.3) is 0 Å². The fourth-order valence-electron chi connectivity index (χ4n) is 3.59. The zero-order valence-corrected chi connectivity index (χ0v) is 16.0. The SMILES string of the molecule is CCOc1cccc(N2CCC(c3nc(-c4ccccn4)no3)CC2)c1[N+](=O)[O-]. The second-order valence-electron chi connectivity index (χ2n) is 6.75. The first-order chi connectivity index (χ1) is 14.2. The quantitative estimate of drug-likeness (QED) is 0.458. The summed E-state index contributed by atoms with van der Waals surface area (Å²) in [5.41, 5.74) is 1.27. The van der Waals surface area contributed by atoms with E-state index in [0.29, 0.717) is 48.5 Å². The maximum Gasteiger partial charge on any atom is 0.333 e. The third-order valence-corrected chi connectivity index (χ3v) is 4.98. The van der Waals surface area contributed by atoms with Gasteiger partial charge in [-0.15, -0.1) is 0 Å². The molecule has 1 fully saturated rings. The number of nitrogens with zero attached hydrogens (tertiary/aromatic N) is 5. The fourth-order valence-corrected chi connectivity index (χ4v) is 3.59.